The lowest BCUT2D eigenvalue weighted by Crippen LogP contribution is -2.17. The maximum atomic E-state index is 6.37. The minimum Gasteiger partial charge on any atom is -0.378 e. The fourth-order valence-electron chi connectivity index (χ4n) is 1.90. The van der Waals surface area contributed by atoms with Crippen molar-refractivity contribution in [3.05, 3.63) is 22.4 Å². The van der Waals surface area contributed by atoms with Crippen LogP contribution in [-0.4, -0.2) is 18.1 Å². The molecule has 0 aliphatic carbocycles. The van der Waals surface area contributed by atoms with Crippen LogP contribution in [0.3, 0.4) is 0 Å². The molecule has 0 bridgehead atoms. The Morgan fingerprint density at radius 2 is 2.57 bits per heavy atom. The smallest absolute Gasteiger partial charge is 0.0551 e. The first-order chi connectivity index (χ1) is 6.75. The highest BCUT2D eigenvalue weighted by Gasteiger charge is 2.28. The van der Waals surface area contributed by atoms with Gasteiger partial charge in [-0.3, -0.25) is 0 Å². The standard InChI is InChI=1S/C11H15ClOS/c1-8-4-10(6-13-8)11(12)5-9-2-3-14-7-9/h2-3,7-8,10-11H,4-6H2,1H3. The predicted octanol–water partition coefficient (Wildman–Crippen LogP) is 3.32. The van der Waals surface area contributed by atoms with Gasteiger partial charge in [-0.1, -0.05) is 0 Å². The second-order valence-corrected chi connectivity index (χ2v) is 5.33. The van der Waals surface area contributed by atoms with Gasteiger partial charge in [0.25, 0.3) is 0 Å². The maximum absolute atomic E-state index is 6.37. The van der Waals surface area contributed by atoms with Crippen molar-refractivity contribution in [3.63, 3.8) is 0 Å². The van der Waals surface area contributed by atoms with Crippen molar-refractivity contribution < 1.29 is 4.74 Å². The molecule has 78 valence electrons. The van der Waals surface area contributed by atoms with E-state index < -0.39 is 0 Å². The van der Waals surface area contributed by atoms with E-state index in [4.69, 9.17) is 16.3 Å². The second kappa shape index (κ2) is 4.65. The van der Waals surface area contributed by atoms with E-state index in [0.29, 0.717) is 12.0 Å². The zero-order chi connectivity index (χ0) is 9.97. The van der Waals surface area contributed by atoms with E-state index in [1.807, 2.05) is 0 Å². The van der Waals surface area contributed by atoms with Crippen LogP contribution in [0.5, 0.6) is 0 Å². The lowest BCUT2D eigenvalue weighted by atomic mass is 9.98. The lowest BCUT2D eigenvalue weighted by Gasteiger charge is -2.14. The first-order valence-electron chi connectivity index (χ1n) is 5.02. The minimum atomic E-state index is 0.231. The normalized spacial score (nSPS) is 29.3. The third-order valence-corrected chi connectivity index (χ3v) is 3.99. The number of thiophene rings is 1. The summed E-state index contributed by atoms with van der Waals surface area (Å²) in [7, 11) is 0. The van der Waals surface area contributed by atoms with Gasteiger partial charge in [-0.15, -0.1) is 11.6 Å². The van der Waals surface area contributed by atoms with E-state index in [9.17, 15) is 0 Å². The van der Waals surface area contributed by atoms with Crippen LogP contribution in [0.1, 0.15) is 18.9 Å². The molecule has 0 spiro atoms. The van der Waals surface area contributed by atoms with E-state index in [1.54, 1.807) is 11.3 Å². The molecule has 0 saturated carbocycles. The Morgan fingerprint density at radius 3 is 3.14 bits per heavy atom. The van der Waals surface area contributed by atoms with Gasteiger partial charge < -0.3 is 4.74 Å². The maximum Gasteiger partial charge on any atom is 0.0551 e. The van der Waals surface area contributed by atoms with Crippen LogP contribution in [0.15, 0.2) is 16.8 Å². The lowest BCUT2D eigenvalue weighted by molar-refractivity contribution is 0.120. The third-order valence-electron chi connectivity index (χ3n) is 2.75. The van der Waals surface area contributed by atoms with Crippen LogP contribution in [0.4, 0.5) is 0 Å². The molecule has 1 nitrogen and oxygen atoms in total. The molecule has 0 aromatic carbocycles. The van der Waals surface area contributed by atoms with Gasteiger partial charge in [0, 0.05) is 11.3 Å². The molecule has 2 rings (SSSR count). The molecule has 0 N–H and O–H groups in total. The third kappa shape index (κ3) is 2.50. The van der Waals surface area contributed by atoms with Gasteiger partial charge in [-0.25, -0.2) is 0 Å². The highest BCUT2D eigenvalue weighted by molar-refractivity contribution is 7.07. The number of alkyl halides is 1. The average molecular weight is 231 g/mol. The van der Waals surface area contributed by atoms with Crippen molar-refractivity contribution in [2.45, 2.75) is 31.2 Å². The second-order valence-electron chi connectivity index (χ2n) is 3.99. The summed E-state index contributed by atoms with van der Waals surface area (Å²) in [4.78, 5) is 0. The fraction of sp³-hybridized carbons (Fsp3) is 0.636. The molecule has 14 heavy (non-hydrogen) atoms. The highest BCUT2D eigenvalue weighted by atomic mass is 35.5. The van der Waals surface area contributed by atoms with Gasteiger partial charge in [0.1, 0.15) is 0 Å². The zero-order valence-corrected chi connectivity index (χ0v) is 9.85. The van der Waals surface area contributed by atoms with Crippen LogP contribution in [0.25, 0.3) is 0 Å². The number of ether oxygens (including phenoxy) is 1. The summed E-state index contributed by atoms with van der Waals surface area (Å²) in [6.07, 6.45) is 2.48. The van der Waals surface area contributed by atoms with Crippen molar-refractivity contribution in [1.82, 2.24) is 0 Å². The van der Waals surface area contributed by atoms with E-state index in [2.05, 4.69) is 23.8 Å². The van der Waals surface area contributed by atoms with Crippen molar-refractivity contribution >= 4 is 22.9 Å². The molecule has 3 atom stereocenters. The van der Waals surface area contributed by atoms with Gasteiger partial charge in [0.2, 0.25) is 0 Å². The minimum absolute atomic E-state index is 0.231. The van der Waals surface area contributed by atoms with Crippen molar-refractivity contribution in [3.8, 4) is 0 Å². The summed E-state index contributed by atoms with van der Waals surface area (Å²) < 4.78 is 5.52. The molecular formula is C11H15ClOS. The van der Waals surface area contributed by atoms with E-state index in [-0.39, 0.29) is 5.38 Å². The average Bonchev–Trinajstić information content (AvgIpc) is 2.75. The summed E-state index contributed by atoms with van der Waals surface area (Å²) in [5.41, 5.74) is 1.36. The molecule has 1 aliphatic rings. The Labute approximate surface area is 94.0 Å². The molecule has 0 amide bonds. The van der Waals surface area contributed by atoms with Crippen LogP contribution in [0.2, 0.25) is 0 Å². The van der Waals surface area contributed by atoms with Crippen LogP contribution in [-0.2, 0) is 11.2 Å². The molecule has 1 aromatic heterocycles. The highest BCUT2D eigenvalue weighted by Crippen LogP contribution is 2.28. The van der Waals surface area contributed by atoms with Gasteiger partial charge >= 0.3 is 0 Å². The molecule has 1 aromatic rings. The predicted molar refractivity (Wildman–Crippen MR) is 61.2 cm³/mol. The molecule has 1 aliphatic heterocycles. The summed E-state index contributed by atoms with van der Waals surface area (Å²) in [6.45, 7) is 2.95. The number of hydrogen-bond acceptors (Lipinski definition) is 2. The van der Waals surface area contributed by atoms with Crippen LogP contribution in [0, 0.1) is 5.92 Å². The molecular weight excluding hydrogens is 216 g/mol. The molecule has 3 unspecified atom stereocenters. The Bertz CT molecular complexity index is 273. The Kier molecular flexibility index (Phi) is 3.47. The Balaban J connectivity index is 1.87. The quantitative estimate of drug-likeness (QED) is 0.724. The SMILES string of the molecule is CC1CC(C(Cl)Cc2ccsc2)CO1. The molecule has 1 fully saturated rings. The monoisotopic (exact) mass is 230 g/mol. The van der Waals surface area contributed by atoms with Crippen LogP contribution >= 0.6 is 22.9 Å². The molecule has 0 radical (unpaired) electrons. The van der Waals surface area contributed by atoms with Gasteiger partial charge in [0.05, 0.1) is 12.7 Å². The van der Waals surface area contributed by atoms with Crippen molar-refractivity contribution in [2.24, 2.45) is 5.92 Å². The summed E-state index contributed by atoms with van der Waals surface area (Å²) in [5.74, 6) is 0.534. The molecule has 2 heterocycles. The van der Waals surface area contributed by atoms with E-state index >= 15 is 0 Å². The first-order valence-corrected chi connectivity index (χ1v) is 6.40. The topological polar surface area (TPSA) is 9.23 Å². The molecule has 1 saturated heterocycles. The number of halogens is 1. The summed E-state index contributed by atoms with van der Waals surface area (Å²) in [6, 6.07) is 2.15. The van der Waals surface area contributed by atoms with Crippen molar-refractivity contribution in [2.75, 3.05) is 6.61 Å². The Morgan fingerprint density at radius 1 is 1.71 bits per heavy atom. The Hall–Kier alpha value is -0.0500. The number of hydrogen-bond donors (Lipinski definition) is 0. The fourth-order valence-corrected chi connectivity index (χ4v) is 2.94. The summed E-state index contributed by atoms with van der Waals surface area (Å²) in [5, 5.41) is 4.51. The molecule has 3 heteroatoms. The van der Waals surface area contributed by atoms with Crippen LogP contribution < -0.4 is 0 Å². The van der Waals surface area contributed by atoms with E-state index in [0.717, 1.165) is 19.4 Å². The van der Waals surface area contributed by atoms with Gasteiger partial charge in [0.15, 0.2) is 0 Å². The largest absolute Gasteiger partial charge is 0.378 e. The number of rotatable bonds is 3. The van der Waals surface area contributed by atoms with Gasteiger partial charge in [-0.05, 0) is 42.2 Å². The van der Waals surface area contributed by atoms with E-state index in [1.165, 1.54) is 5.56 Å². The van der Waals surface area contributed by atoms with Gasteiger partial charge in [-0.2, -0.15) is 11.3 Å². The van der Waals surface area contributed by atoms with Crippen molar-refractivity contribution in [1.29, 1.82) is 0 Å². The first kappa shape index (κ1) is 10.5. The zero-order valence-electron chi connectivity index (χ0n) is 8.28. The summed E-state index contributed by atoms with van der Waals surface area (Å²) >= 11 is 8.10.